The van der Waals surface area contributed by atoms with Crippen LogP contribution in [0, 0.1) is 17.8 Å². The number of benzene rings is 1. The Morgan fingerprint density at radius 1 is 1.24 bits per heavy atom. The molecule has 3 atom stereocenters. The minimum atomic E-state index is 0.0921. The predicted octanol–water partition coefficient (Wildman–Crippen LogP) is 4.77. The van der Waals surface area contributed by atoms with E-state index in [1.807, 2.05) is 12.1 Å². The first-order chi connectivity index (χ1) is 10.1. The molecule has 3 unspecified atom stereocenters. The van der Waals surface area contributed by atoms with E-state index in [0.29, 0.717) is 5.92 Å². The third-order valence-electron chi connectivity index (χ3n) is 4.69. The number of nitrogens with two attached hydrogens (primary N) is 1. The largest absolute Gasteiger partial charge is 0.458 e. The van der Waals surface area contributed by atoms with Crippen LogP contribution in [0.3, 0.4) is 0 Å². The van der Waals surface area contributed by atoms with Crippen molar-refractivity contribution in [1.29, 1.82) is 0 Å². The summed E-state index contributed by atoms with van der Waals surface area (Å²) in [5.74, 6) is 8.86. The number of para-hydroxylation sites is 1. The number of hydrogen-bond donors (Lipinski definition) is 2. The number of halogens is 1. The number of fused-ring (bicyclic) bond motifs is 1. The maximum Gasteiger partial charge on any atom is 0.148 e. The fourth-order valence-corrected chi connectivity index (χ4v) is 4.40. The molecule has 1 aromatic carbocycles. The predicted molar refractivity (Wildman–Crippen MR) is 89.6 cm³/mol. The van der Waals surface area contributed by atoms with Crippen LogP contribution in [0.15, 0.2) is 33.2 Å². The Labute approximate surface area is 134 Å². The molecule has 4 heteroatoms. The first-order valence-electron chi connectivity index (χ1n) is 7.72. The van der Waals surface area contributed by atoms with Crippen LogP contribution in [0.1, 0.15) is 44.9 Å². The van der Waals surface area contributed by atoms with Crippen molar-refractivity contribution in [3.63, 3.8) is 0 Å². The Hall–Kier alpha value is -0.840. The van der Waals surface area contributed by atoms with Crippen LogP contribution in [0.5, 0.6) is 0 Å². The molecule has 0 saturated heterocycles. The van der Waals surface area contributed by atoms with Gasteiger partial charge >= 0.3 is 0 Å². The molecule has 3 rings (SSSR count). The Balaban J connectivity index is 1.92. The molecular formula is C17H23BrN2O. The molecule has 2 aromatic rings. The molecule has 21 heavy (non-hydrogen) atoms. The van der Waals surface area contributed by atoms with Crippen molar-refractivity contribution in [3.8, 4) is 0 Å². The van der Waals surface area contributed by atoms with Crippen LogP contribution in [-0.2, 0) is 0 Å². The van der Waals surface area contributed by atoms with Gasteiger partial charge in [-0.15, -0.1) is 0 Å². The molecule has 114 valence electrons. The molecule has 1 aromatic heterocycles. The molecule has 3 N–H and O–H groups in total. The highest BCUT2D eigenvalue weighted by atomic mass is 79.9. The number of hydrazine groups is 1. The average molecular weight is 351 g/mol. The van der Waals surface area contributed by atoms with E-state index >= 15 is 0 Å². The Morgan fingerprint density at radius 3 is 2.57 bits per heavy atom. The van der Waals surface area contributed by atoms with Crippen molar-refractivity contribution in [2.24, 2.45) is 23.6 Å². The van der Waals surface area contributed by atoms with Crippen molar-refractivity contribution >= 4 is 26.9 Å². The van der Waals surface area contributed by atoms with Gasteiger partial charge in [0, 0.05) is 5.39 Å². The van der Waals surface area contributed by atoms with E-state index in [1.165, 1.54) is 19.3 Å². The van der Waals surface area contributed by atoms with Crippen molar-refractivity contribution in [1.82, 2.24) is 5.43 Å². The summed E-state index contributed by atoms with van der Waals surface area (Å²) in [6, 6.07) is 8.32. The number of hydrogen-bond acceptors (Lipinski definition) is 3. The third-order valence-corrected chi connectivity index (χ3v) is 5.31. The van der Waals surface area contributed by atoms with Gasteiger partial charge in [-0.1, -0.05) is 26.0 Å². The molecule has 0 radical (unpaired) electrons. The van der Waals surface area contributed by atoms with Crippen LogP contribution in [0.2, 0.25) is 0 Å². The topological polar surface area (TPSA) is 51.2 Å². The molecule has 1 saturated carbocycles. The second-order valence-corrected chi connectivity index (χ2v) is 7.48. The van der Waals surface area contributed by atoms with Crippen molar-refractivity contribution in [2.45, 2.75) is 39.2 Å². The quantitative estimate of drug-likeness (QED) is 0.619. The van der Waals surface area contributed by atoms with E-state index < -0.39 is 0 Å². The second kappa shape index (κ2) is 6.11. The molecule has 3 nitrogen and oxygen atoms in total. The van der Waals surface area contributed by atoms with Gasteiger partial charge in [0.1, 0.15) is 11.3 Å². The lowest BCUT2D eigenvalue weighted by Gasteiger charge is -2.35. The van der Waals surface area contributed by atoms with Crippen LogP contribution < -0.4 is 11.3 Å². The summed E-state index contributed by atoms with van der Waals surface area (Å²) in [6.07, 6.45) is 3.73. The highest BCUT2D eigenvalue weighted by molar-refractivity contribution is 9.10. The van der Waals surface area contributed by atoms with E-state index in [9.17, 15) is 0 Å². The molecule has 0 amide bonds. The number of rotatable bonds is 3. The lowest BCUT2D eigenvalue weighted by molar-refractivity contribution is 0.166. The first kappa shape index (κ1) is 15.1. The third kappa shape index (κ3) is 3.03. The minimum absolute atomic E-state index is 0.0921. The summed E-state index contributed by atoms with van der Waals surface area (Å²) in [5, 5.41) is 1.12. The molecule has 1 fully saturated rings. The molecule has 1 heterocycles. The van der Waals surface area contributed by atoms with Gasteiger partial charge in [-0.2, -0.15) is 0 Å². The zero-order chi connectivity index (χ0) is 15.0. The van der Waals surface area contributed by atoms with E-state index in [1.54, 1.807) is 0 Å². The van der Waals surface area contributed by atoms with Crippen LogP contribution in [0.25, 0.3) is 11.0 Å². The summed E-state index contributed by atoms with van der Waals surface area (Å²) >= 11 is 3.55. The van der Waals surface area contributed by atoms with E-state index in [-0.39, 0.29) is 6.04 Å². The molecule has 0 bridgehead atoms. The van der Waals surface area contributed by atoms with Crippen LogP contribution in [-0.4, -0.2) is 0 Å². The zero-order valence-electron chi connectivity index (χ0n) is 12.6. The first-order valence-corrected chi connectivity index (χ1v) is 8.52. The van der Waals surface area contributed by atoms with Crippen molar-refractivity contribution in [2.75, 3.05) is 0 Å². The average Bonchev–Trinajstić information content (AvgIpc) is 2.83. The normalized spacial score (nSPS) is 27.9. The van der Waals surface area contributed by atoms with E-state index in [0.717, 1.165) is 33.0 Å². The maximum atomic E-state index is 6.09. The monoisotopic (exact) mass is 350 g/mol. The summed E-state index contributed by atoms with van der Waals surface area (Å²) in [4.78, 5) is 0. The van der Waals surface area contributed by atoms with Crippen LogP contribution >= 0.6 is 15.9 Å². The van der Waals surface area contributed by atoms with Gasteiger partial charge in [0.15, 0.2) is 0 Å². The standard InChI is InChI=1S/C17H23BrN2O/c1-10-6-11(2)8-13(7-10)16(20-19)15-9-12-4-3-5-14(18)17(12)21-15/h3-5,9-11,13,16,20H,6-8,19H2,1-2H3. The zero-order valence-corrected chi connectivity index (χ0v) is 14.2. The highest BCUT2D eigenvalue weighted by Crippen LogP contribution is 2.41. The summed E-state index contributed by atoms with van der Waals surface area (Å²) < 4.78 is 7.08. The van der Waals surface area contributed by atoms with Gasteiger partial charge in [0.25, 0.3) is 0 Å². The van der Waals surface area contributed by atoms with Crippen molar-refractivity contribution < 1.29 is 4.42 Å². The van der Waals surface area contributed by atoms with Gasteiger partial charge in [0.05, 0.1) is 10.5 Å². The van der Waals surface area contributed by atoms with Gasteiger partial charge in [0.2, 0.25) is 0 Å². The lowest BCUT2D eigenvalue weighted by Crippen LogP contribution is -2.36. The summed E-state index contributed by atoms with van der Waals surface area (Å²) in [6.45, 7) is 4.68. The Kier molecular flexibility index (Phi) is 4.38. The van der Waals surface area contributed by atoms with Gasteiger partial charge in [-0.3, -0.25) is 5.84 Å². The minimum Gasteiger partial charge on any atom is -0.458 e. The SMILES string of the molecule is CC1CC(C)CC(C(NN)c2cc3cccc(Br)c3o2)C1. The van der Waals surface area contributed by atoms with E-state index in [2.05, 4.69) is 47.3 Å². The summed E-state index contributed by atoms with van der Waals surface area (Å²) in [5.41, 5.74) is 3.91. The van der Waals surface area contributed by atoms with Crippen molar-refractivity contribution in [3.05, 3.63) is 34.5 Å². The second-order valence-electron chi connectivity index (χ2n) is 6.63. The molecule has 1 aliphatic rings. The molecule has 0 aliphatic heterocycles. The Morgan fingerprint density at radius 2 is 1.95 bits per heavy atom. The Bertz CT molecular complexity index is 614. The van der Waals surface area contributed by atoms with Gasteiger partial charge < -0.3 is 4.42 Å². The fraction of sp³-hybridized carbons (Fsp3) is 0.529. The lowest BCUT2D eigenvalue weighted by atomic mass is 9.73. The van der Waals surface area contributed by atoms with Crippen LogP contribution in [0.4, 0.5) is 0 Å². The smallest absolute Gasteiger partial charge is 0.148 e. The number of furan rings is 1. The molecule has 0 spiro atoms. The number of nitrogens with one attached hydrogen (secondary N) is 1. The maximum absolute atomic E-state index is 6.09. The summed E-state index contributed by atoms with van der Waals surface area (Å²) in [7, 11) is 0. The molecule has 1 aliphatic carbocycles. The highest BCUT2D eigenvalue weighted by Gasteiger charge is 2.32. The van der Waals surface area contributed by atoms with Gasteiger partial charge in [-0.05, 0) is 65.1 Å². The molecular weight excluding hydrogens is 328 g/mol. The fourth-order valence-electron chi connectivity index (χ4n) is 3.93. The van der Waals surface area contributed by atoms with E-state index in [4.69, 9.17) is 10.3 Å². The van der Waals surface area contributed by atoms with Gasteiger partial charge in [-0.25, -0.2) is 5.43 Å².